The minimum absolute atomic E-state index is 0.137. The minimum atomic E-state index is 0.137. The standard InChI is InChI=1S/C14H29N3O2S/c1-4-6-15-7-8-17-9-10-19-13(12-17)11-16(3)14(18)20-5-2/h13,15H,4-12H2,1-3H3/t13-/m0/s1. The number of nitrogens with zero attached hydrogens (tertiary/aromatic N) is 2. The molecule has 118 valence electrons. The Labute approximate surface area is 127 Å². The summed E-state index contributed by atoms with van der Waals surface area (Å²) in [6, 6.07) is 0. The molecule has 20 heavy (non-hydrogen) atoms. The highest BCUT2D eigenvalue weighted by molar-refractivity contribution is 8.13. The second kappa shape index (κ2) is 10.4. The fourth-order valence-electron chi connectivity index (χ4n) is 2.25. The summed E-state index contributed by atoms with van der Waals surface area (Å²) in [7, 11) is 1.86. The molecule has 6 heteroatoms. The molecule has 1 fully saturated rings. The number of amides is 1. The predicted molar refractivity (Wildman–Crippen MR) is 85.5 cm³/mol. The Morgan fingerprint density at radius 1 is 1.45 bits per heavy atom. The molecule has 0 unspecified atom stereocenters. The van der Waals surface area contributed by atoms with Crippen LogP contribution in [0.1, 0.15) is 20.3 Å². The van der Waals surface area contributed by atoms with Crippen molar-refractivity contribution in [2.45, 2.75) is 26.4 Å². The van der Waals surface area contributed by atoms with Crippen molar-refractivity contribution in [2.24, 2.45) is 0 Å². The smallest absolute Gasteiger partial charge is 0.281 e. The Morgan fingerprint density at radius 3 is 2.95 bits per heavy atom. The number of ether oxygens (including phenoxy) is 1. The highest BCUT2D eigenvalue weighted by Gasteiger charge is 2.22. The molecule has 5 nitrogen and oxygen atoms in total. The Hall–Kier alpha value is -0.300. The van der Waals surface area contributed by atoms with Crippen molar-refractivity contribution < 1.29 is 9.53 Å². The van der Waals surface area contributed by atoms with Crippen LogP contribution in [0.4, 0.5) is 4.79 Å². The van der Waals surface area contributed by atoms with Gasteiger partial charge < -0.3 is 15.0 Å². The summed E-state index contributed by atoms with van der Waals surface area (Å²) in [6.45, 7) is 10.7. The third-order valence-corrected chi connectivity index (χ3v) is 4.16. The lowest BCUT2D eigenvalue weighted by Gasteiger charge is -2.34. The van der Waals surface area contributed by atoms with Crippen LogP contribution >= 0.6 is 11.8 Å². The van der Waals surface area contributed by atoms with Crippen LogP contribution in [0, 0.1) is 0 Å². The van der Waals surface area contributed by atoms with Crippen molar-refractivity contribution >= 4 is 17.0 Å². The maximum Gasteiger partial charge on any atom is 0.281 e. The van der Waals surface area contributed by atoms with Crippen LogP contribution in [0.15, 0.2) is 0 Å². The van der Waals surface area contributed by atoms with Crippen LogP contribution in [0.2, 0.25) is 0 Å². The number of rotatable bonds is 8. The van der Waals surface area contributed by atoms with E-state index < -0.39 is 0 Å². The van der Waals surface area contributed by atoms with E-state index in [1.165, 1.54) is 18.2 Å². The average molecular weight is 303 g/mol. The number of hydrogen-bond donors (Lipinski definition) is 1. The highest BCUT2D eigenvalue weighted by Crippen LogP contribution is 2.10. The maximum atomic E-state index is 11.8. The maximum absolute atomic E-state index is 11.8. The van der Waals surface area contributed by atoms with Crippen LogP contribution in [-0.2, 0) is 4.74 Å². The first kappa shape index (κ1) is 17.8. The lowest BCUT2D eigenvalue weighted by Crippen LogP contribution is -2.49. The molecule has 0 aliphatic carbocycles. The number of carbonyl (C=O) groups is 1. The van der Waals surface area contributed by atoms with Gasteiger partial charge in [-0.25, -0.2) is 0 Å². The SMILES string of the molecule is CCCNCCN1CCO[C@@H](CN(C)C(=O)SCC)C1. The molecule has 1 heterocycles. The molecule has 1 N–H and O–H groups in total. The molecule has 0 saturated carbocycles. The van der Waals surface area contributed by atoms with Gasteiger partial charge in [-0.15, -0.1) is 0 Å². The molecule has 1 saturated heterocycles. The summed E-state index contributed by atoms with van der Waals surface area (Å²) in [6.07, 6.45) is 1.31. The lowest BCUT2D eigenvalue weighted by atomic mass is 10.2. The topological polar surface area (TPSA) is 44.8 Å². The van der Waals surface area contributed by atoms with Crippen molar-refractivity contribution in [1.82, 2.24) is 15.1 Å². The Bertz CT molecular complexity index is 279. The van der Waals surface area contributed by atoms with Gasteiger partial charge >= 0.3 is 0 Å². The van der Waals surface area contributed by atoms with E-state index in [9.17, 15) is 4.79 Å². The number of hydrogen-bond acceptors (Lipinski definition) is 5. The van der Waals surface area contributed by atoms with Gasteiger partial charge in [0.1, 0.15) is 0 Å². The normalized spacial score (nSPS) is 20.1. The van der Waals surface area contributed by atoms with Crippen LogP contribution < -0.4 is 5.32 Å². The van der Waals surface area contributed by atoms with Crippen molar-refractivity contribution in [3.05, 3.63) is 0 Å². The molecule has 0 aromatic heterocycles. The molecule has 1 atom stereocenters. The number of likely N-dealkylation sites (N-methyl/N-ethyl adjacent to an activating group) is 1. The summed E-state index contributed by atoms with van der Waals surface area (Å²) in [5.41, 5.74) is 0. The van der Waals surface area contributed by atoms with E-state index in [4.69, 9.17) is 4.74 Å². The monoisotopic (exact) mass is 303 g/mol. The summed E-state index contributed by atoms with van der Waals surface area (Å²) < 4.78 is 5.77. The van der Waals surface area contributed by atoms with Crippen LogP contribution in [0.3, 0.4) is 0 Å². The van der Waals surface area contributed by atoms with Gasteiger partial charge in [0, 0.05) is 39.8 Å². The third kappa shape index (κ3) is 6.92. The van der Waals surface area contributed by atoms with Gasteiger partial charge in [-0.3, -0.25) is 9.69 Å². The number of thioether (sulfide) groups is 1. The Kier molecular flexibility index (Phi) is 9.26. The summed E-state index contributed by atoms with van der Waals surface area (Å²) >= 11 is 1.36. The van der Waals surface area contributed by atoms with E-state index >= 15 is 0 Å². The van der Waals surface area contributed by atoms with Crippen molar-refractivity contribution in [3.8, 4) is 0 Å². The van der Waals surface area contributed by atoms with Crippen LogP contribution in [-0.4, -0.2) is 79.8 Å². The van der Waals surface area contributed by atoms with Gasteiger partial charge in [0.05, 0.1) is 12.7 Å². The van der Waals surface area contributed by atoms with E-state index in [1.54, 1.807) is 4.90 Å². The van der Waals surface area contributed by atoms with Gasteiger partial charge in [-0.05, 0) is 18.7 Å². The summed E-state index contributed by atoms with van der Waals surface area (Å²) in [5.74, 6) is 0.823. The quantitative estimate of drug-likeness (QED) is 0.688. The Morgan fingerprint density at radius 2 is 2.25 bits per heavy atom. The average Bonchev–Trinajstić information content (AvgIpc) is 2.44. The predicted octanol–water partition coefficient (Wildman–Crippen LogP) is 1.49. The molecule has 0 aromatic carbocycles. The zero-order valence-corrected chi connectivity index (χ0v) is 13.9. The van der Waals surface area contributed by atoms with Crippen LogP contribution in [0.25, 0.3) is 0 Å². The van der Waals surface area contributed by atoms with E-state index in [2.05, 4.69) is 17.1 Å². The van der Waals surface area contributed by atoms with Crippen molar-refractivity contribution in [3.63, 3.8) is 0 Å². The van der Waals surface area contributed by atoms with E-state index in [-0.39, 0.29) is 11.3 Å². The van der Waals surface area contributed by atoms with Gasteiger partial charge in [0.15, 0.2) is 0 Å². The molecule has 0 radical (unpaired) electrons. The lowest BCUT2D eigenvalue weighted by molar-refractivity contribution is -0.0349. The molecule has 0 bridgehead atoms. The fraction of sp³-hybridized carbons (Fsp3) is 0.929. The first-order chi connectivity index (χ1) is 9.67. The zero-order chi connectivity index (χ0) is 14.8. The Balaban J connectivity index is 2.24. The molecule has 0 spiro atoms. The van der Waals surface area contributed by atoms with Gasteiger partial charge in [0.25, 0.3) is 5.24 Å². The van der Waals surface area contributed by atoms with E-state index in [0.717, 1.165) is 45.1 Å². The van der Waals surface area contributed by atoms with Crippen molar-refractivity contribution in [1.29, 1.82) is 0 Å². The third-order valence-electron chi connectivity index (χ3n) is 3.31. The van der Waals surface area contributed by atoms with E-state index in [0.29, 0.717) is 6.54 Å². The number of carbonyl (C=O) groups excluding carboxylic acids is 1. The fourth-order valence-corrected chi connectivity index (χ4v) is 2.79. The molecule has 1 rings (SSSR count). The minimum Gasteiger partial charge on any atom is -0.374 e. The molecular formula is C14H29N3O2S. The van der Waals surface area contributed by atoms with Crippen LogP contribution in [0.5, 0.6) is 0 Å². The van der Waals surface area contributed by atoms with Gasteiger partial charge in [0.2, 0.25) is 0 Å². The van der Waals surface area contributed by atoms with Gasteiger partial charge in [-0.2, -0.15) is 0 Å². The van der Waals surface area contributed by atoms with Gasteiger partial charge in [-0.1, -0.05) is 25.6 Å². The first-order valence-corrected chi connectivity index (χ1v) is 8.58. The second-order valence-corrected chi connectivity index (χ2v) is 6.34. The van der Waals surface area contributed by atoms with E-state index in [1.807, 2.05) is 14.0 Å². The molecule has 1 amide bonds. The number of nitrogens with one attached hydrogen (secondary N) is 1. The van der Waals surface area contributed by atoms with Crippen molar-refractivity contribution in [2.75, 3.05) is 58.7 Å². The zero-order valence-electron chi connectivity index (χ0n) is 13.1. The number of morpholine rings is 1. The molecule has 1 aliphatic heterocycles. The molecule has 0 aromatic rings. The molecular weight excluding hydrogens is 274 g/mol. The highest BCUT2D eigenvalue weighted by atomic mass is 32.2. The largest absolute Gasteiger partial charge is 0.374 e. The first-order valence-electron chi connectivity index (χ1n) is 7.59. The summed E-state index contributed by atoms with van der Waals surface area (Å²) in [5, 5.41) is 3.56. The second-order valence-electron chi connectivity index (χ2n) is 5.12. The molecule has 1 aliphatic rings. The summed E-state index contributed by atoms with van der Waals surface area (Å²) in [4.78, 5) is 15.9.